The Morgan fingerprint density at radius 3 is 2.42 bits per heavy atom. The number of hydrogen-bond acceptors (Lipinski definition) is 4. The number of aromatic amines is 1. The minimum atomic E-state index is -4.53. The van der Waals surface area contributed by atoms with Crippen LogP contribution >= 0.6 is 0 Å². The third kappa shape index (κ3) is 5.73. The van der Waals surface area contributed by atoms with Crippen molar-refractivity contribution in [2.24, 2.45) is 0 Å². The van der Waals surface area contributed by atoms with Crippen molar-refractivity contribution in [1.29, 1.82) is 0 Å². The third-order valence-electron chi connectivity index (χ3n) is 6.02. The second kappa shape index (κ2) is 11.1. The molecule has 0 aliphatic rings. The molecule has 0 saturated heterocycles. The van der Waals surface area contributed by atoms with Crippen LogP contribution in [0.5, 0.6) is 5.75 Å². The van der Waals surface area contributed by atoms with Crippen LogP contribution in [0, 0.1) is 17.7 Å². The van der Waals surface area contributed by atoms with Crippen LogP contribution in [-0.4, -0.2) is 26.1 Å². The largest absolute Gasteiger partial charge is 0.481 e. The fraction of sp³-hybridized carbons (Fsp3) is 0.167. The molecule has 5 rings (SSSR count). The average molecular weight is 547 g/mol. The summed E-state index contributed by atoms with van der Waals surface area (Å²) < 4.78 is 60.1. The van der Waals surface area contributed by atoms with Crippen LogP contribution in [0.1, 0.15) is 24.5 Å². The van der Waals surface area contributed by atoms with E-state index in [1.807, 2.05) is 6.92 Å². The number of nitrogens with zero attached hydrogens (tertiary/aromatic N) is 3. The Morgan fingerprint density at radius 1 is 0.975 bits per heavy atom. The predicted octanol–water partition coefficient (Wildman–Crippen LogP) is 6.45. The molecule has 0 aliphatic carbocycles. The number of fused-ring (bicyclic) bond motifs is 1. The van der Waals surface area contributed by atoms with Crippen LogP contribution in [-0.2, 0) is 12.7 Å². The zero-order chi connectivity index (χ0) is 28.3. The van der Waals surface area contributed by atoms with Gasteiger partial charge < -0.3 is 14.3 Å². The first-order chi connectivity index (χ1) is 19.2. The van der Waals surface area contributed by atoms with Crippen LogP contribution in [0.2, 0.25) is 0 Å². The highest BCUT2D eigenvalue weighted by atomic mass is 19.4. The standard InChI is InChI=1S/C30H22F4N4O2/c1-2-16-38-25-27(35-26(37-29(25)39)21-6-3-7-22(18-21)30(32,33)34)36-28(38)20-10-14-24(15-11-20)40-17-4-5-19-8-12-23(31)13-9-19/h3,6-15,18H,2,16-17H2,1H3,(H,35,37,39). The van der Waals surface area contributed by atoms with Crippen LogP contribution < -0.4 is 10.3 Å². The molecule has 40 heavy (non-hydrogen) atoms. The molecule has 202 valence electrons. The van der Waals surface area contributed by atoms with E-state index in [1.54, 1.807) is 41.0 Å². The van der Waals surface area contributed by atoms with Gasteiger partial charge in [0.05, 0.1) is 5.56 Å². The molecular formula is C30H22F4N4O2. The van der Waals surface area contributed by atoms with Crippen molar-refractivity contribution < 1.29 is 22.3 Å². The molecular weight excluding hydrogens is 524 g/mol. The van der Waals surface area contributed by atoms with Gasteiger partial charge in [0.25, 0.3) is 5.56 Å². The second-order valence-corrected chi connectivity index (χ2v) is 8.87. The van der Waals surface area contributed by atoms with Gasteiger partial charge in [-0.05, 0) is 67.1 Å². The molecule has 0 aliphatic heterocycles. The summed E-state index contributed by atoms with van der Waals surface area (Å²) in [5.74, 6) is 6.51. The number of aromatic nitrogens is 4. The molecule has 0 saturated carbocycles. The van der Waals surface area contributed by atoms with E-state index in [4.69, 9.17) is 4.74 Å². The number of nitrogens with one attached hydrogen (secondary N) is 1. The molecule has 3 aromatic carbocycles. The van der Waals surface area contributed by atoms with Crippen molar-refractivity contribution in [1.82, 2.24) is 19.5 Å². The molecule has 0 unspecified atom stereocenters. The molecule has 5 aromatic rings. The normalized spacial score (nSPS) is 11.3. The van der Waals surface area contributed by atoms with Crippen LogP contribution in [0.25, 0.3) is 33.9 Å². The zero-order valence-corrected chi connectivity index (χ0v) is 21.2. The first-order valence-electron chi connectivity index (χ1n) is 12.4. The van der Waals surface area contributed by atoms with Crippen molar-refractivity contribution in [3.63, 3.8) is 0 Å². The van der Waals surface area contributed by atoms with Gasteiger partial charge in [-0.25, -0.2) is 14.4 Å². The zero-order valence-electron chi connectivity index (χ0n) is 21.2. The molecule has 1 N–H and O–H groups in total. The Kier molecular flexibility index (Phi) is 7.38. The molecule has 0 radical (unpaired) electrons. The summed E-state index contributed by atoms with van der Waals surface area (Å²) in [4.78, 5) is 24.7. The highest BCUT2D eigenvalue weighted by Crippen LogP contribution is 2.32. The van der Waals surface area contributed by atoms with Crippen LogP contribution in [0.3, 0.4) is 0 Å². The predicted molar refractivity (Wildman–Crippen MR) is 143 cm³/mol. The van der Waals surface area contributed by atoms with E-state index in [2.05, 4.69) is 26.8 Å². The van der Waals surface area contributed by atoms with Gasteiger partial charge in [0, 0.05) is 23.2 Å². The minimum absolute atomic E-state index is 0.00166. The second-order valence-electron chi connectivity index (χ2n) is 8.87. The maximum absolute atomic E-state index is 13.2. The number of H-pyrrole nitrogens is 1. The molecule has 0 atom stereocenters. The van der Waals surface area contributed by atoms with Crippen molar-refractivity contribution in [2.45, 2.75) is 26.1 Å². The van der Waals surface area contributed by atoms with Gasteiger partial charge in [0.1, 0.15) is 29.8 Å². The summed E-state index contributed by atoms with van der Waals surface area (Å²) in [5.41, 5.74) is 0.550. The number of imidazole rings is 1. The quantitative estimate of drug-likeness (QED) is 0.196. The lowest BCUT2D eigenvalue weighted by Crippen LogP contribution is -2.14. The summed E-state index contributed by atoms with van der Waals surface area (Å²) in [5, 5.41) is 0. The lowest BCUT2D eigenvalue weighted by Gasteiger charge is -2.09. The van der Waals surface area contributed by atoms with Gasteiger partial charge in [0.15, 0.2) is 11.2 Å². The van der Waals surface area contributed by atoms with Crippen molar-refractivity contribution >= 4 is 11.2 Å². The summed E-state index contributed by atoms with van der Waals surface area (Å²) in [6, 6.07) is 17.5. The lowest BCUT2D eigenvalue weighted by molar-refractivity contribution is -0.137. The summed E-state index contributed by atoms with van der Waals surface area (Å²) in [6.45, 7) is 2.57. The first kappa shape index (κ1) is 26.7. The van der Waals surface area contributed by atoms with Gasteiger partial charge in [-0.2, -0.15) is 13.2 Å². The molecule has 6 nitrogen and oxygen atoms in total. The third-order valence-corrected chi connectivity index (χ3v) is 6.02. The number of ether oxygens (including phenoxy) is 1. The number of benzene rings is 3. The van der Waals surface area contributed by atoms with Gasteiger partial charge in [-0.3, -0.25) is 4.79 Å². The first-order valence-corrected chi connectivity index (χ1v) is 12.4. The molecule has 0 spiro atoms. The number of halogens is 4. The van der Waals surface area contributed by atoms with E-state index < -0.39 is 17.3 Å². The topological polar surface area (TPSA) is 72.8 Å². The number of hydrogen-bond donors (Lipinski definition) is 1. The summed E-state index contributed by atoms with van der Waals surface area (Å²) >= 11 is 0. The smallest absolute Gasteiger partial charge is 0.416 e. The van der Waals surface area contributed by atoms with Gasteiger partial charge >= 0.3 is 6.18 Å². The molecule has 2 heterocycles. The fourth-order valence-electron chi connectivity index (χ4n) is 4.18. The maximum Gasteiger partial charge on any atom is 0.416 e. The fourth-order valence-corrected chi connectivity index (χ4v) is 4.18. The van der Waals surface area contributed by atoms with Gasteiger partial charge in [-0.15, -0.1) is 0 Å². The minimum Gasteiger partial charge on any atom is -0.481 e. The number of aryl methyl sites for hydroxylation is 1. The molecule has 2 aromatic heterocycles. The van der Waals surface area contributed by atoms with E-state index in [1.165, 1.54) is 24.3 Å². The van der Waals surface area contributed by atoms with E-state index in [-0.39, 0.29) is 35.0 Å². The monoisotopic (exact) mass is 546 g/mol. The van der Waals surface area contributed by atoms with E-state index in [0.29, 0.717) is 35.7 Å². The van der Waals surface area contributed by atoms with E-state index >= 15 is 0 Å². The molecule has 0 amide bonds. The Hall–Kier alpha value is -4.91. The number of alkyl halides is 3. The van der Waals surface area contributed by atoms with Gasteiger partial charge in [-0.1, -0.05) is 30.9 Å². The average Bonchev–Trinajstić information content (AvgIpc) is 3.31. The lowest BCUT2D eigenvalue weighted by atomic mass is 10.1. The van der Waals surface area contributed by atoms with Crippen molar-refractivity contribution in [3.05, 3.63) is 100 Å². The highest BCUT2D eigenvalue weighted by molar-refractivity contribution is 5.78. The van der Waals surface area contributed by atoms with Crippen LogP contribution in [0.15, 0.2) is 77.6 Å². The molecule has 0 bridgehead atoms. The molecule has 0 fully saturated rings. The van der Waals surface area contributed by atoms with Gasteiger partial charge in [0.2, 0.25) is 0 Å². The Morgan fingerprint density at radius 2 is 1.73 bits per heavy atom. The molecule has 10 heteroatoms. The van der Waals surface area contributed by atoms with Crippen molar-refractivity contribution in [2.75, 3.05) is 6.61 Å². The summed E-state index contributed by atoms with van der Waals surface area (Å²) in [6.07, 6.45) is -3.82. The van der Waals surface area contributed by atoms with Crippen LogP contribution in [0.4, 0.5) is 17.6 Å². The van der Waals surface area contributed by atoms with E-state index in [0.717, 1.165) is 12.1 Å². The Balaban J connectivity index is 1.42. The highest BCUT2D eigenvalue weighted by Gasteiger charge is 2.30. The maximum atomic E-state index is 13.2. The summed E-state index contributed by atoms with van der Waals surface area (Å²) in [7, 11) is 0. The Bertz CT molecular complexity index is 1780. The van der Waals surface area contributed by atoms with E-state index in [9.17, 15) is 22.4 Å². The Labute approximate surface area is 226 Å². The SMILES string of the molecule is CCCn1c(-c2ccc(OCC#Cc3ccc(F)cc3)cc2)nc2nc(-c3cccc(C(F)(F)F)c3)[nH]c(=O)c21. The number of rotatable bonds is 6. The van der Waals surface area contributed by atoms with Crippen molar-refractivity contribution in [3.8, 4) is 40.4 Å².